The van der Waals surface area contributed by atoms with E-state index >= 15 is 0 Å². The molecule has 5 nitrogen and oxygen atoms in total. The number of aromatic nitrogens is 1. The molecule has 0 spiro atoms. The smallest absolute Gasteiger partial charge is 0.119 e. The van der Waals surface area contributed by atoms with Gasteiger partial charge in [0.1, 0.15) is 5.75 Å². The molecule has 0 aliphatic carbocycles. The zero-order valence-electron chi connectivity index (χ0n) is 19.7. The Labute approximate surface area is 201 Å². The van der Waals surface area contributed by atoms with E-state index in [2.05, 4.69) is 81.5 Å². The van der Waals surface area contributed by atoms with E-state index in [4.69, 9.17) is 9.47 Å². The topological polar surface area (TPSA) is 37.8 Å². The summed E-state index contributed by atoms with van der Waals surface area (Å²) in [6.07, 6.45) is 1.86. The number of rotatable bonds is 8. The second-order valence-electron chi connectivity index (χ2n) is 8.80. The molecule has 1 aromatic heterocycles. The first-order valence-electron chi connectivity index (χ1n) is 11.9. The quantitative estimate of drug-likeness (QED) is 0.363. The molecule has 1 fully saturated rings. The third-order valence-corrected chi connectivity index (χ3v) is 6.34. The van der Waals surface area contributed by atoms with E-state index in [1.54, 1.807) is 7.11 Å². The van der Waals surface area contributed by atoms with Crippen molar-refractivity contribution >= 4 is 16.6 Å². The highest BCUT2D eigenvalue weighted by Crippen LogP contribution is 2.25. The molecule has 174 valence electrons. The number of hydrogen-bond acceptors (Lipinski definition) is 5. The lowest BCUT2D eigenvalue weighted by atomic mass is 10.1. The van der Waals surface area contributed by atoms with Crippen LogP contribution in [0.4, 0.5) is 5.69 Å². The summed E-state index contributed by atoms with van der Waals surface area (Å²) in [5.41, 5.74) is 6.04. The fourth-order valence-electron chi connectivity index (χ4n) is 4.53. The molecule has 1 aliphatic rings. The Morgan fingerprint density at radius 3 is 2.50 bits per heavy atom. The number of morpholine rings is 1. The van der Waals surface area contributed by atoms with Gasteiger partial charge >= 0.3 is 0 Å². The minimum absolute atomic E-state index is 0.790. The van der Waals surface area contributed by atoms with Crippen molar-refractivity contribution in [1.82, 2.24) is 9.88 Å². The Kier molecular flexibility index (Phi) is 7.03. The van der Waals surface area contributed by atoms with Gasteiger partial charge in [-0.1, -0.05) is 42.5 Å². The van der Waals surface area contributed by atoms with Gasteiger partial charge in [0.25, 0.3) is 0 Å². The molecular weight excluding hydrogens is 422 g/mol. The molecule has 0 amide bonds. The number of nitrogens with zero attached hydrogens (tertiary/aromatic N) is 3. The van der Waals surface area contributed by atoms with Crippen LogP contribution in [-0.2, 0) is 24.4 Å². The summed E-state index contributed by atoms with van der Waals surface area (Å²) in [5, 5.41) is 1.16. The second kappa shape index (κ2) is 10.7. The lowest BCUT2D eigenvalue weighted by Crippen LogP contribution is -2.35. The summed E-state index contributed by atoms with van der Waals surface area (Å²) in [5.74, 6) is 0.883. The Bertz CT molecular complexity index is 1240. The van der Waals surface area contributed by atoms with Gasteiger partial charge in [0.05, 0.1) is 25.8 Å². The summed E-state index contributed by atoms with van der Waals surface area (Å²) in [6.45, 7) is 6.15. The van der Waals surface area contributed by atoms with Crippen LogP contribution < -0.4 is 9.64 Å². The molecule has 0 bridgehead atoms. The van der Waals surface area contributed by atoms with Crippen LogP contribution in [0.25, 0.3) is 10.9 Å². The molecule has 5 heteroatoms. The molecule has 1 aliphatic heterocycles. The lowest BCUT2D eigenvalue weighted by molar-refractivity contribution is 0.0342. The normalized spacial score (nSPS) is 14.3. The molecule has 5 rings (SSSR count). The molecule has 1 saturated heterocycles. The Morgan fingerprint density at radius 2 is 1.65 bits per heavy atom. The summed E-state index contributed by atoms with van der Waals surface area (Å²) in [6, 6.07) is 27.9. The van der Waals surface area contributed by atoms with Crippen LogP contribution >= 0.6 is 0 Å². The van der Waals surface area contributed by atoms with Gasteiger partial charge in [0, 0.05) is 50.0 Å². The van der Waals surface area contributed by atoms with Gasteiger partial charge in [-0.3, -0.25) is 9.88 Å². The SMILES string of the molecule is COc1cccc(CN(Cc2ccc3cccnc3c2)c2cccc(CN3CCOCC3)c2)c1. The maximum atomic E-state index is 5.52. The van der Waals surface area contributed by atoms with Gasteiger partial charge < -0.3 is 14.4 Å². The highest BCUT2D eigenvalue weighted by atomic mass is 16.5. The molecule has 0 saturated carbocycles. The lowest BCUT2D eigenvalue weighted by Gasteiger charge is -2.28. The fraction of sp³-hybridized carbons (Fsp3) is 0.276. The van der Waals surface area contributed by atoms with E-state index < -0.39 is 0 Å². The molecule has 4 aromatic rings. The highest BCUT2D eigenvalue weighted by Gasteiger charge is 2.14. The number of benzene rings is 3. The summed E-state index contributed by atoms with van der Waals surface area (Å²) in [4.78, 5) is 9.45. The van der Waals surface area contributed by atoms with E-state index in [0.717, 1.165) is 62.6 Å². The van der Waals surface area contributed by atoms with E-state index in [9.17, 15) is 0 Å². The van der Waals surface area contributed by atoms with Crippen LogP contribution in [0.1, 0.15) is 16.7 Å². The number of anilines is 1. The van der Waals surface area contributed by atoms with E-state index in [0.29, 0.717) is 0 Å². The number of ether oxygens (including phenoxy) is 2. The molecule has 2 heterocycles. The van der Waals surface area contributed by atoms with Gasteiger partial charge in [0.15, 0.2) is 0 Å². The minimum atomic E-state index is 0.790. The Hall–Kier alpha value is -3.41. The first-order chi connectivity index (χ1) is 16.8. The Balaban J connectivity index is 1.43. The van der Waals surface area contributed by atoms with Gasteiger partial charge in [-0.2, -0.15) is 0 Å². The van der Waals surface area contributed by atoms with Crippen molar-refractivity contribution in [3.8, 4) is 5.75 Å². The predicted molar refractivity (Wildman–Crippen MR) is 137 cm³/mol. The predicted octanol–water partition coefficient (Wildman–Crippen LogP) is 5.28. The average Bonchev–Trinajstić information content (AvgIpc) is 2.89. The van der Waals surface area contributed by atoms with Crippen LogP contribution in [0, 0.1) is 0 Å². The fourth-order valence-corrected chi connectivity index (χ4v) is 4.53. The number of methoxy groups -OCH3 is 1. The first kappa shape index (κ1) is 22.4. The third kappa shape index (κ3) is 5.56. The van der Waals surface area contributed by atoms with Crippen molar-refractivity contribution in [3.63, 3.8) is 0 Å². The number of hydrogen-bond donors (Lipinski definition) is 0. The van der Waals surface area contributed by atoms with Gasteiger partial charge in [-0.05, 0) is 53.1 Å². The first-order valence-corrected chi connectivity index (χ1v) is 11.9. The highest BCUT2D eigenvalue weighted by molar-refractivity contribution is 5.79. The molecule has 0 unspecified atom stereocenters. The van der Waals surface area contributed by atoms with Gasteiger partial charge in [-0.25, -0.2) is 0 Å². The van der Waals surface area contributed by atoms with Crippen LogP contribution in [0.5, 0.6) is 5.75 Å². The van der Waals surface area contributed by atoms with Crippen molar-refractivity contribution in [1.29, 1.82) is 0 Å². The zero-order valence-corrected chi connectivity index (χ0v) is 19.7. The van der Waals surface area contributed by atoms with Crippen LogP contribution in [-0.4, -0.2) is 43.3 Å². The van der Waals surface area contributed by atoms with Crippen molar-refractivity contribution in [2.24, 2.45) is 0 Å². The van der Waals surface area contributed by atoms with Crippen LogP contribution in [0.15, 0.2) is 85.1 Å². The van der Waals surface area contributed by atoms with Crippen molar-refractivity contribution in [2.45, 2.75) is 19.6 Å². The standard InChI is InChI=1S/C29H31N3O2/c1-33-28-9-3-6-24(18-28)21-32(22-25-10-11-26-7-4-12-30-29(26)19-25)27-8-2-5-23(17-27)20-31-13-15-34-16-14-31/h2-12,17-19H,13-16,20-22H2,1H3. The monoisotopic (exact) mass is 453 g/mol. The number of pyridine rings is 1. The van der Waals surface area contributed by atoms with Crippen LogP contribution in [0.2, 0.25) is 0 Å². The number of fused-ring (bicyclic) bond motifs is 1. The van der Waals surface area contributed by atoms with E-state index in [1.165, 1.54) is 22.4 Å². The zero-order chi connectivity index (χ0) is 23.2. The maximum absolute atomic E-state index is 5.52. The average molecular weight is 454 g/mol. The molecule has 3 aromatic carbocycles. The molecule has 0 radical (unpaired) electrons. The van der Waals surface area contributed by atoms with E-state index in [-0.39, 0.29) is 0 Å². The van der Waals surface area contributed by atoms with Crippen molar-refractivity contribution in [3.05, 3.63) is 102 Å². The Morgan fingerprint density at radius 1 is 0.853 bits per heavy atom. The summed E-state index contributed by atoms with van der Waals surface area (Å²) >= 11 is 0. The minimum Gasteiger partial charge on any atom is -0.497 e. The third-order valence-electron chi connectivity index (χ3n) is 6.34. The summed E-state index contributed by atoms with van der Waals surface area (Å²) in [7, 11) is 1.72. The largest absolute Gasteiger partial charge is 0.497 e. The van der Waals surface area contributed by atoms with Crippen LogP contribution in [0.3, 0.4) is 0 Å². The maximum Gasteiger partial charge on any atom is 0.119 e. The second-order valence-corrected chi connectivity index (χ2v) is 8.80. The van der Waals surface area contributed by atoms with Gasteiger partial charge in [-0.15, -0.1) is 0 Å². The molecule has 0 N–H and O–H groups in total. The van der Waals surface area contributed by atoms with E-state index in [1.807, 2.05) is 18.3 Å². The molecular formula is C29H31N3O2. The van der Waals surface area contributed by atoms with Crippen molar-refractivity contribution < 1.29 is 9.47 Å². The molecule has 0 atom stereocenters. The molecule has 34 heavy (non-hydrogen) atoms. The van der Waals surface area contributed by atoms with Gasteiger partial charge in [0.2, 0.25) is 0 Å². The summed E-state index contributed by atoms with van der Waals surface area (Å²) < 4.78 is 11.0. The van der Waals surface area contributed by atoms with Crippen molar-refractivity contribution in [2.75, 3.05) is 38.3 Å².